The largest absolute Gasteiger partial charge is 0.228 e. The van der Waals surface area contributed by atoms with Crippen molar-refractivity contribution in [3.05, 3.63) is 194 Å². The molecule has 56 heavy (non-hydrogen) atoms. The summed E-state index contributed by atoms with van der Waals surface area (Å²) in [7, 11) is 0. The van der Waals surface area contributed by atoms with E-state index in [0.717, 1.165) is 50.3 Å². The van der Waals surface area contributed by atoms with Crippen LogP contribution in [0.4, 0.5) is 0 Å². The molecule has 0 saturated heterocycles. The Bertz CT molecular complexity index is 3250. The summed E-state index contributed by atoms with van der Waals surface area (Å²) in [4.78, 5) is 10.6. The number of fused-ring (bicyclic) bond motifs is 6. The van der Waals surface area contributed by atoms with Crippen molar-refractivity contribution < 1.29 is 0 Å². The van der Waals surface area contributed by atoms with Crippen LogP contribution in [0, 0.1) is 0 Å². The second-order valence-corrected chi connectivity index (χ2v) is 16.3. The maximum Gasteiger partial charge on any atom is 0.160 e. The highest BCUT2D eigenvalue weighted by Crippen LogP contribution is 2.41. The SMILES string of the molecule is c1ccc(-c2cc(-c3ccc4sc5ccccc5c4c3)cc(-c3cc(-c4ccccc4-c4ccc5c(c4)sc4ccccc45)nc(-c4ccccc4)n3)c2)cc1. The van der Waals surface area contributed by atoms with Gasteiger partial charge in [-0.05, 0) is 88.0 Å². The standard InChI is InChI=1S/C52H32N2S2/c1-3-13-33(14-4-1)37-27-38(35-24-26-50-45(30-35)43-20-10-12-22-49(43)55-50)29-39(28-37)46-32-47(54-52(53-46)34-15-5-2-6-16-34)41-18-8-7-17-40(41)36-23-25-44-42-19-9-11-21-48(42)56-51(44)31-36/h1-32H. The average molecular weight is 749 g/mol. The molecule has 2 nitrogen and oxygen atoms in total. The van der Waals surface area contributed by atoms with Gasteiger partial charge in [0, 0.05) is 57.0 Å². The molecular formula is C52H32N2S2. The molecule has 3 heterocycles. The summed E-state index contributed by atoms with van der Waals surface area (Å²) in [6, 6.07) is 69.8. The summed E-state index contributed by atoms with van der Waals surface area (Å²) in [6.07, 6.45) is 0. The van der Waals surface area contributed by atoms with Gasteiger partial charge in [0.05, 0.1) is 11.4 Å². The fourth-order valence-electron chi connectivity index (χ4n) is 7.95. The van der Waals surface area contributed by atoms with Crippen LogP contribution < -0.4 is 0 Å². The normalized spacial score (nSPS) is 11.6. The summed E-state index contributed by atoms with van der Waals surface area (Å²) in [5.41, 5.74) is 11.8. The Labute approximate surface area is 332 Å². The molecule has 262 valence electrons. The van der Waals surface area contributed by atoms with E-state index >= 15 is 0 Å². The maximum absolute atomic E-state index is 5.31. The third-order valence-electron chi connectivity index (χ3n) is 10.7. The van der Waals surface area contributed by atoms with E-state index in [1.807, 2.05) is 28.7 Å². The van der Waals surface area contributed by atoms with Crippen molar-refractivity contribution in [1.82, 2.24) is 9.97 Å². The van der Waals surface area contributed by atoms with Crippen LogP contribution in [0.5, 0.6) is 0 Å². The highest BCUT2D eigenvalue weighted by Gasteiger charge is 2.17. The van der Waals surface area contributed by atoms with Gasteiger partial charge >= 0.3 is 0 Å². The first kappa shape index (κ1) is 32.7. The monoisotopic (exact) mass is 748 g/mol. The fourth-order valence-corrected chi connectivity index (χ4v) is 10.2. The zero-order valence-electron chi connectivity index (χ0n) is 30.2. The molecule has 0 unspecified atom stereocenters. The van der Waals surface area contributed by atoms with Crippen LogP contribution in [-0.4, -0.2) is 9.97 Å². The predicted molar refractivity (Wildman–Crippen MR) is 240 cm³/mol. The Kier molecular flexibility index (Phi) is 7.90. The van der Waals surface area contributed by atoms with Gasteiger partial charge in [0.2, 0.25) is 0 Å². The van der Waals surface area contributed by atoms with Gasteiger partial charge in [-0.15, -0.1) is 22.7 Å². The van der Waals surface area contributed by atoms with Crippen molar-refractivity contribution in [1.29, 1.82) is 0 Å². The van der Waals surface area contributed by atoms with E-state index in [1.54, 1.807) is 0 Å². The lowest BCUT2D eigenvalue weighted by molar-refractivity contribution is 1.18. The Morgan fingerprint density at radius 3 is 1.57 bits per heavy atom. The molecule has 0 atom stereocenters. The molecule has 0 aliphatic heterocycles. The minimum absolute atomic E-state index is 0.700. The smallest absolute Gasteiger partial charge is 0.160 e. The number of hydrogen-bond donors (Lipinski definition) is 0. The van der Waals surface area contributed by atoms with Gasteiger partial charge in [-0.2, -0.15) is 0 Å². The molecule has 0 spiro atoms. The molecular weight excluding hydrogens is 717 g/mol. The molecule has 0 bridgehead atoms. The molecule has 3 aromatic heterocycles. The van der Waals surface area contributed by atoms with E-state index in [-0.39, 0.29) is 0 Å². The zero-order chi connectivity index (χ0) is 37.0. The topological polar surface area (TPSA) is 25.8 Å². The van der Waals surface area contributed by atoms with Crippen LogP contribution in [0.3, 0.4) is 0 Å². The first-order valence-electron chi connectivity index (χ1n) is 18.8. The predicted octanol–water partition coefficient (Wildman–Crippen LogP) is 15.2. The molecule has 0 aliphatic carbocycles. The Morgan fingerprint density at radius 2 is 0.804 bits per heavy atom. The number of aromatic nitrogens is 2. The van der Waals surface area contributed by atoms with Crippen LogP contribution in [0.15, 0.2) is 194 Å². The summed E-state index contributed by atoms with van der Waals surface area (Å²) in [5.74, 6) is 0.700. The Morgan fingerprint density at radius 1 is 0.268 bits per heavy atom. The lowest BCUT2D eigenvalue weighted by Crippen LogP contribution is -1.97. The molecule has 0 aliphatic rings. The molecule has 4 heteroatoms. The number of rotatable bonds is 6. The molecule has 0 amide bonds. The van der Waals surface area contributed by atoms with E-state index in [4.69, 9.17) is 9.97 Å². The van der Waals surface area contributed by atoms with Crippen molar-refractivity contribution in [2.75, 3.05) is 0 Å². The summed E-state index contributed by atoms with van der Waals surface area (Å²) in [5, 5.41) is 5.19. The first-order chi connectivity index (χ1) is 27.7. The van der Waals surface area contributed by atoms with Crippen LogP contribution in [-0.2, 0) is 0 Å². The van der Waals surface area contributed by atoms with Crippen LogP contribution in [0.1, 0.15) is 0 Å². The third-order valence-corrected chi connectivity index (χ3v) is 13.0. The van der Waals surface area contributed by atoms with Gasteiger partial charge in [-0.1, -0.05) is 140 Å². The molecule has 0 radical (unpaired) electrons. The van der Waals surface area contributed by atoms with Crippen molar-refractivity contribution in [2.24, 2.45) is 0 Å². The lowest BCUT2D eigenvalue weighted by Gasteiger charge is -2.15. The minimum Gasteiger partial charge on any atom is -0.228 e. The Hall–Kier alpha value is -6.72. The highest BCUT2D eigenvalue weighted by atomic mass is 32.1. The quantitative estimate of drug-likeness (QED) is 0.169. The van der Waals surface area contributed by atoms with Crippen molar-refractivity contribution >= 4 is 63.0 Å². The third kappa shape index (κ3) is 5.79. The van der Waals surface area contributed by atoms with Crippen molar-refractivity contribution in [2.45, 2.75) is 0 Å². The minimum atomic E-state index is 0.700. The fraction of sp³-hybridized carbons (Fsp3) is 0. The van der Waals surface area contributed by atoms with Crippen LogP contribution in [0.2, 0.25) is 0 Å². The lowest BCUT2D eigenvalue weighted by atomic mass is 9.93. The summed E-state index contributed by atoms with van der Waals surface area (Å²) in [6.45, 7) is 0. The zero-order valence-corrected chi connectivity index (χ0v) is 31.8. The van der Waals surface area contributed by atoms with E-state index in [0.29, 0.717) is 5.82 Å². The number of thiophene rings is 2. The summed E-state index contributed by atoms with van der Waals surface area (Å²) < 4.78 is 5.20. The van der Waals surface area contributed by atoms with Crippen molar-refractivity contribution in [3.63, 3.8) is 0 Å². The van der Waals surface area contributed by atoms with Crippen LogP contribution in [0.25, 0.3) is 108 Å². The second-order valence-electron chi connectivity index (χ2n) is 14.2. The van der Waals surface area contributed by atoms with Crippen LogP contribution >= 0.6 is 22.7 Å². The van der Waals surface area contributed by atoms with E-state index < -0.39 is 0 Å². The number of benzene rings is 8. The van der Waals surface area contributed by atoms with Crippen molar-refractivity contribution in [3.8, 4) is 67.3 Å². The highest BCUT2D eigenvalue weighted by molar-refractivity contribution is 7.26. The molecule has 0 saturated carbocycles. The van der Waals surface area contributed by atoms with Gasteiger partial charge < -0.3 is 0 Å². The molecule has 0 fully saturated rings. The van der Waals surface area contributed by atoms with E-state index in [1.165, 1.54) is 51.5 Å². The van der Waals surface area contributed by atoms with E-state index in [2.05, 4.69) is 188 Å². The van der Waals surface area contributed by atoms with Gasteiger partial charge in [0.15, 0.2) is 5.82 Å². The maximum atomic E-state index is 5.31. The molecule has 0 N–H and O–H groups in total. The van der Waals surface area contributed by atoms with Gasteiger partial charge in [-0.3, -0.25) is 0 Å². The molecule has 11 rings (SSSR count). The second kappa shape index (κ2) is 13.5. The molecule has 8 aromatic carbocycles. The van der Waals surface area contributed by atoms with E-state index in [9.17, 15) is 0 Å². The van der Waals surface area contributed by atoms with Gasteiger partial charge in [0.1, 0.15) is 0 Å². The average Bonchev–Trinajstić information content (AvgIpc) is 3.84. The van der Waals surface area contributed by atoms with Gasteiger partial charge in [-0.25, -0.2) is 9.97 Å². The first-order valence-corrected chi connectivity index (χ1v) is 20.4. The molecule has 11 aromatic rings. The number of nitrogens with zero attached hydrogens (tertiary/aromatic N) is 2. The number of hydrogen-bond acceptors (Lipinski definition) is 4. The van der Waals surface area contributed by atoms with Gasteiger partial charge in [0.25, 0.3) is 0 Å². The summed E-state index contributed by atoms with van der Waals surface area (Å²) >= 11 is 3.70. The Balaban J connectivity index is 1.11.